The third-order valence-corrected chi connectivity index (χ3v) is 4.30. The lowest BCUT2D eigenvalue weighted by Crippen LogP contribution is -2.33. The molecule has 0 radical (unpaired) electrons. The van der Waals surface area contributed by atoms with Crippen LogP contribution in [0.25, 0.3) is 0 Å². The Bertz CT molecular complexity index is 402. The van der Waals surface area contributed by atoms with E-state index in [1.165, 1.54) is 38.6 Å². The summed E-state index contributed by atoms with van der Waals surface area (Å²) in [5.74, 6) is 1.68. The molecule has 1 aromatic rings. The van der Waals surface area contributed by atoms with Crippen LogP contribution >= 0.6 is 0 Å². The summed E-state index contributed by atoms with van der Waals surface area (Å²) in [6.45, 7) is 10.7. The number of hydrogen-bond donors (Lipinski definition) is 1. The van der Waals surface area contributed by atoms with E-state index in [0.29, 0.717) is 12.0 Å². The minimum Gasteiger partial charge on any atom is -0.360 e. The minimum absolute atomic E-state index is 0.666. The molecule has 0 aromatic carbocycles. The Labute approximate surface area is 129 Å². The minimum atomic E-state index is 0.666. The van der Waals surface area contributed by atoms with E-state index in [1.807, 2.05) is 0 Å². The molecule has 0 bridgehead atoms. The molecule has 1 unspecified atom stereocenters. The van der Waals surface area contributed by atoms with Gasteiger partial charge in [-0.2, -0.15) is 0 Å². The van der Waals surface area contributed by atoms with Crippen molar-refractivity contribution in [2.75, 3.05) is 13.1 Å². The summed E-state index contributed by atoms with van der Waals surface area (Å²) in [5.41, 5.74) is 1.02. The van der Waals surface area contributed by atoms with Crippen molar-refractivity contribution >= 4 is 0 Å². The molecule has 0 amide bonds. The van der Waals surface area contributed by atoms with E-state index in [9.17, 15) is 0 Å². The van der Waals surface area contributed by atoms with Gasteiger partial charge in [0.2, 0.25) is 0 Å². The van der Waals surface area contributed by atoms with Crippen molar-refractivity contribution in [3.8, 4) is 0 Å². The molecule has 0 saturated carbocycles. The summed E-state index contributed by atoms with van der Waals surface area (Å²) in [6.07, 6.45) is 6.61. The van der Waals surface area contributed by atoms with Gasteiger partial charge in [0, 0.05) is 18.7 Å². The van der Waals surface area contributed by atoms with Crippen LogP contribution in [0.15, 0.2) is 10.6 Å². The van der Waals surface area contributed by atoms with Gasteiger partial charge in [-0.25, -0.2) is 0 Å². The van der Waals surface area contributed by atoms with E-state index in [2.05, 4.69) is 42.2 Å². The predicted molar refractivity (Wildman–Crippen MR) is 86.0 cm³/mol. The summed E-state index contributed by atoms with van der Waals surface area (Å²) in [4.78, 5) is 2.58. The van der Waals surface area contributed by atoms with Gasteiger partial charge < -0.3 is 9.84 Å². The van der Waals surface area contributed by atoms with Crippen LogP contribution in [0.1, 0.15) is 64.3 Å². The molecule has 2 rings (SSSR count). The summed E-state index contributed by atoms with van der Waals surface area (Å²) >= 11 is 0. The Morgan fingerprint density at radius 2 is 2.24 bits per heavy atom. The molecule has 1 atom stereocenters. The van der Waals surface area contributed by atoms with Crippen LogP contribution in [0, 0.1) is 5.92 Å². The Morgan fingerprint density at radius 1 is 1.38 bits per heavy atom. The number of aromatic nitrogens is 1. The van der Waals surface area contributed by atoms with Gasteiger partial charge in [0.25, 0.3) is 0 Å². The lowest BCUT2D eigenvalue weighted by molar-refractivity contribution is 0.166. The van der Waals surface area contributed by atoms with Gasteiger partial charge in [0.05, 0.1) is 12.2 Å². The standard InChI is InChI=1S/C17H31N3O/c1-4-16-8-6-5-7-9-20(16)13-17-10-15(19-21-17)12-18-11-14(2)3/h10,14,16,18H,4-9,11-13H2,1-3H3. The van der Waals surface area contributed by atoms with Gasteiger partial charge in [-0.05, 0) is 38.3 Å². The first-order valence-electron chi connectivity index (χ1n) is 8.58. The van der Waals surface area contributed by atoms with Gasteiger partial charge in [0.15, 0.2) is 5.76 Å². The maximum absolute atomic E-state index is 5.53. The quantitative estimate of drug-likeness (QED) is 0.834. The van der Waals surface area contributed by atoms with Crippen molar-refractivity contribution in [1.82, 2.24) is 15.4 Å². The van der Waals surface area contributed by atoms with E-state index in [0.717, 1.165) is 31.1 Å². The van der Waals surface area contributed by atoms with Crippen LogP contribution in [-0.2, 0) is 13.1 Å². The summed E-state index contributed by atoms with van der Waals surface area (Å²) in [7, 11) is 0. The smallest absolute Gasteiger partial charge is 0.151 e. The first-order valence-corrected chi connectivity index (χ1v) is 8.58. The number of nitrogens with zero attached hydrogens (tertiary/aromatic N) is 2. The molecule has 0 spiro atoms. The second-order valence-corrected chi connectivity index (χ2v) is 6.69. The maximum atomic E-state index is 5.53. The highest BCUT2D eigenvalue weighted by Gasteiger charge is 2.20. The number of hydrogen-bond acceptors (Lipinski definition) is 4. The SMILES string of the molecule is CCC1CCCCCN1Cc1cc(CNCC(C)C)no1. The van der Waals surface area contributed by atoms with Gasteiger partial charge in [-0.3, -0.25) is 4.90 Å². The molecule has 1 aliphatic heterocycles. The van der Waals surface area contributed by atoms with E-state index in [-0.39, 0.29) is 0 Å². The van der Waals surface area contributed by atoms with Gasteiger partial charge in [0.1, 0.15) is 0 Å². The zero-order valence-corrected chi connectivity index (χ0v) is 13.9. The average Bonchev–Trinajstić information content (AvgIpc) is 2.77. The zero-order chi connectivity index (χ0) is 15.1. The topological polar surface area (TPSA) is 41.3 Å². The Balaban J connectivity index is 1.85. The van der Waals surface area contributed by atoms with Crippen molar-refractivity contribution in [3.05, 3.63) is 17.5 Å². The second-order valence-electron chi connectivity index (χ2n) is 6.69. The molecule has 120 valence electrons. The maximum Gasteiger partial charge on any atom is 0.151 e. The molecule has 1 N–H and O–H groups in total. The van der Waals surface area contributed by atoms with E-state index >= 15 is 0 Å². The monoisotopic (exact) mass is 293 g/mol. The lowest BCUT2D eigenvalue weighted by atomic mass is 10.1. The molecule has 21 heavy (non-hydrogen) atoms. The Morgan fingerprint density at radius 3 is 3.00 bits per heavy atom. The lowest BCUT2D eigenvalue weighted by Gasteiger charge is -2.27. The molecule has 1 fully saturated rings. The van der Waals surface area contributed by atoms with Crippen molar-refractivity contribution < 1.29 is 4.52 Å². The molecule has 1 aliphatic rings. The average molecular weight is 293 g/mol. The fraction of sp³-hybridized carbons (Fsp3) is 0.824. The van der Waals surface area contributed by atoms with Gasteiger partial charge in [-0.1, -0.05) is 38.8 Å². The molecule has 0 aliphatic carbocycles. The third-order valence-electron chi connectivity index (χ3n) is 4.30. The van der Waals surface area contributed by atoms with Gasteiger partial charge in [-0.15, -0.1) is 0 Å². The molecular formula is C17H31N3O. The zero-order valence-electron chi connectivity index (χ0n) is 13.9. The Hall–Kier alpha value is -0.870. The summed E-state index contributed by atoms with van der Waals surface area (Å²) in [5, 5.41) is 7.60. The van der Waals surface area contributed by atoms with E-state index in [1.54, 1.807) is 0 Å². The van der Waals surface area contributed by atoms with Crippen LogP contribution in [0.4, 0.5) is 0 Å². The number of rotatable bonds is 7. The second kappa shape index (κ2) is 8.54. The Kier molecular flexibility index (Phi) is 6.71. The van der Waals surface area contributed by atoms with Gasteiger partial charge >= 0.3 is 0 Å². The van der Waals surface area contributed by atoms with Crippen LogP contribution in [0.5, 0.6) is 0 Å². The summed E-state index contributed by atoms with van der Waals surface area (Å²) in [6, 6.07) is 2.82. The fourth-order valence-corrected chi connectivity index (χ4v) is 3.11. The van der Waals surface area contributed by atoms with E-state index < -0.39 is 0 Å². The van der Waals surface area contributed by atoms with Crippen LogP contribution in [-0.4, -0.2) is 29.2 Å². The molecule has 4 heteroatoms. The molecule has 1 aromatic heterocycles. The summed E-state index contributed by atoms with van der Waals surface area (Å²) < 4.78 is 5.53. The van der Waals surface area contributed by atoms with Crippen molar-refractivity contribution in [2.24, 2.45) is 5.92 Å². The number of nitrogens with one attached hydrogen (secondary N) is 1. The highest BCUT2D eigenvalue weighted by molar-refractivity contribution is 5.05. The fourth-order valence-electron chi connectivity index (χ4n) is 3.11. The normalized spacial score (nSPS) is 20.9. The molecule has 2 heterocycles. The largest absolute Gasteiger partial charge is 0.360 e. The van der Waals surface area contributed by atoms with Crippen LogP contribution in [0.3, 0.4) is 0 Å². The first kappa shape index (κ1) is 16.5. The molecule has 1 saturated heterocycles. The number of likely N-dealkylation sites (tertiary alicyclic amines) is 1. The highest BCUT2D eigenvalue weighted by Crippen LogP contribution is 2.21. The van der Waals surface area contributed by atoms with Crippen LogP contribution < -0.4 is 5.32 Å². The van der Waals surface area contributed by atoms with Crippen molar-refractivity contribution in [1.29, 1.82) is 0 Å². The van der Waals surface area contributed by atoms with Crippen molar-refractivity contribution in [2.45, 2.75) is 72.0 Å². The third kappa shape index (κ3) is 5.44. The highest BCUT2D eigenvalue weighted by atomic mass is 16.5. The first-order chi connectivity index (χ1) is 10.2. The molecular weight excluding hydrogens is 262 g/mol. The predicted octanol–water partition coefficient (Wildman–Crippen LogP) is 3.57. The van der Waals surface area contributed by atoms with Crippen molar-refractivity contribution in [3.63, 3.8) is 0 Å². The van der Waals surface area contributed by atoms with E-state index in [4.69, 9.17) is 4.52 Å². The van der Waals surface area contributed by atoms with Crippen LogP contribution in [0.2, 0.25) is 0 Å². The molecule has 4 nitrogen and oxygen atoms in total.